The molecule has 1 aromatic carbocycles. The van der Waals surface area contributed by atoms with Crippen LogP contribution in [0.15, 0.2) is 29.7 Å². The molecule has 0 unspecified atom stereocenters. The molecule has 1 N–H and O–H groups in total. The maximum absolute atomic E-state index is 12.5. The molecule has 1 atom stereocenters. The van der Waals surface area contributed by atoms with E-state index in [4.69, 9.17) is 19.5 Å². The Morgan fingerprint density at radius 2 is 2.04 bits per heavy atom. The van der Waals surface area contributed by atoms with Gasteiger partial charge in [0.1, 0.15) is 11.1 Å². The van der Waals surface area contributed by atoms with Crippen molar-refractivity contribution in [3.63, 3.8) is 0 Å². The second-order valence-corrected chi connectivity index (χ2v) is 6.53. The van der Waals surface area contributed by atoms with Crippen LogP contribution in [-0.4, -0.2) is 32.2 Å². The molecule has 1 heterocycles. The Labute approximate surface area is 167 Å². The van der Waals surface area contributed by atoms with Gasteiger partial charge in [-0.25, -0.2) is 4.79 Å². The first-order valence-electron chi connectivity index (χ1n) is 8.33. The first-order chi connectivity index (χ1) is 13.4. The minimum absolute atomic E-state index is 0.222. The highest BCUT2D eigenvalue weighted by Gasteiger charge is 2.22. The largest absolute Gasteiger partial charge is 0.493 e. The molecular weight excluding hydrogens is 380 g/mol. The number of nitrogens with zero attached hydrogens (tertiary/aromatic N) is 1. The minimum Gasteiger partial charge on any atom is -0.493 e. The van der Waals surface area contributed by atoms with Gasteiger partial charge in [0.25, 0.3) is 5.91 Å². The molecule has 0 aliphatic rings. The quantitative estimate of drug-likeness (QED) is 0.709. The van der Waals surface area contributed by atoms with Crippen LogP contribution in [0, 0.1) is 11.3 Å². The molecule has 146 valence electrons. The molecule has 2 aromatic rings. The van der Waals surface area contributed by atoms with Crippen LogP contribution >= 0.6 is 11.3 Å². The van der Waals surface area contributed by atoms with E-state index < -0.39 is 18.0 Å². The number of ether oxygens (including phenoxy) is 3. The van der Waals surface area contributed by atoms with Crippen molar-refractivity contribution in [2.24, 2.45) is 0 Å². The number of rotatable bonds is 7. The zero-order chi connectivity index (χ0) is 20.7. The van der Waals surface area contributed by atoms with Gasteiger partial charge in [0.2, 0.25) is 0 Å². The number of anilines is 1. The fourth-order valence-corrected chi connectivity index (χ4v) is 3.15. The van der Waals surface area contributed by atoms with Gasteiger partial charge in [0.15, 0.2) is 17.6 Å². The lowest BCUT2D eigenvalue weighted by Gasteiger charge is -2.15. The van der Waals surface area contributed by atoms with Gasteiger partial charge >= 0.3 is 5.97 Å². The zero-order valence-electron chi connectivity index (χ0n) is 15.9. The molecule has 0 radical (unpaired) electrons. The van der Waals surface area contributed by atoms with Crippen molar-refractivity contribution in [2.45, 2.75) is 20.0 Å². The van der Waals surface area contributed by atoms with Crippen LogP contribution in [0.5, 0.6) is 11.5 Å². The molecule has 1 amide bonds. The third kappa shape index (κ3) is 4.69. The molecule has 1 aromatic heterocycles. The first kappa shape index (κ1) is 21.0. The topological polar surface area (TPSA) is 97.7 Å². The number of thiophene rings is 1. The number of hydrogen-bond acceptors (Lipinski definition) is 7. The number of esters is 1. The first-order valence-corrected chi connectivity index (χ1v) is 9.21. The van der Waals surface area contributed by atoms with Crippen molar-refractivity contribution in [1.29, 1.82) is 5.26 Å². The van der Waals surface area contributed by atoms with Crippen molar-refractivity contribution in [3.05, 3.63) is 46.3 Å². The number of amides is 1. The molecule has 0 aliphatic heterocycles. The highest BCUT2D eigenvalue weighted by Crippen LogP contribution is 2.34. The number of nitrogens with one attached hydrogen (secondary N) is 1. The van der Waals surface area contributed by atoms with Gasteiger partial charge in [-0.2, -0.15) is 5.26 Å². The highest BCUT2D eigenvalue weighted by atomic mass is 32.1. The van der Waals surface area contributed by atoms with Crippen LogP contribution in [0.25, 0.3) is 6.08 Å². The van der Waals surface area contributed by atoms with Gasteiger partial charge < -0.3 is 19.5 Å². The number of hydrogen-bond donors (Lipinski definition) is 1. The van der Waals surface area contributed by atoms with Crippen molar-refractivity contribution in [1.82, 2.24) is 0 Å². The lowest BCUT2D eigenvalue weighted by atomic mass is 10.1. The van der Waals surface area contributed by atoms with E-state index in [9.17, 15) is 9.59 Å². The lowest BCUT2D eigenvalue weighted by molar-refractivity contribution is -0.123. The Kier molecular flexibility index (Phi) is 7.18. The van der Waals surface area contributed by atoms with Crippen LogP contribution in [0.4, 0.5) is 5.00 Å². The summed E-state index contributed by atoms with van der Waals surface area (Å²) < 4.78 is 15.9. The van der Waals surface area contributed by atoms with E-state index in [1.807, 2.05) is 13.0 Å². The van der Waals surface area contributed by atoms with Gasteiger partial charge in [-0.15, -0.1) is 11.3 Å². The molecule has 0 bridgehead atoms. The molecule has 0 spiro atoms. The maximum Gasteiger partial charge on any atom is 0.339 e. The molecule has 0 aliphatic carbocycles. The van der Waals surface area contributed by atoms with Crippen LogP contribution in [0.1, 0.15) is 35.3 Å². The van der Waals surface area contributed by atoms with Crippen LogP contribution in [0.3, 0.4) is 0 Å². The summed E-state index contributed by atoms with van der Waals surface area (Å²) >= 11 is 1.22. The Morgan fingerprint density at radius 1 is 1.29 bits per heavy atom. The molecule has 8 heteroatoms. The highest BCUT2D eigenvalue weighted by molar-refractivity contribution is 7.14. The summed E-state index contributed by atoms with van der Waals surface area (Å²) in [6, 6.07) is 6.67. The molecule has 7 nitrogen and oxygen atoms in total. The fraction of sp³-hybridized carbons (Fsp3) is 0.250. The Balaban J connectivity index is 2.18. The SMILES string of the molecule is C/C=C/c1cc(C(=O)O[C@H](C)C(=O)Nc2sccc2C#N)cc(OC)c1OC. The number of carbonyl (C=O) groups is 2. The van der Waals surface area contributed by atoms with Crippen LogP contribution in [0.2, 0.25) is 0 Å². The molecule has 0 saturated carbocycles. The summed E-state index contributed by atoms with van der Waals surface area (Å²) in [5.74, 6) is -0.341. The number of carbonyl (C=O) groups excluding carboxylic acids is 2. The molecule has 2 rings (SSSR count). The smallest absolute Gasteiger partial charge is 0.339 e. The van der Waals surface area contributed by atoms with E-state index in [1.54, 1.807) is 29.7 Å². The Morgan fingerprint density at radius 3 is 2.64 bits per heavy atom. The molecule has 28 heavy (non-hydrogen) atoms. The van der Waals surface area contributed by atoms with Crippen LogP contribution in [-0.2, 0) is 9.53 Å². The van der Waals surface area contributed by atoms with E-state index in [1.165, 1.54) is 38.5 Å². The summed E-state index contributed by atoms with van der Waals surface area (Å²) in [4.78, 5) is 24.8. The molecule has 0 fully saturated rings. The second-order valence-electron chi connectivity index (χ2n) is 5.61. The summed E-state index contributed by atoms with van der Waals surface area (Å²) in [5, 5.41) is 13.7. The lowest BCUT2D eigenvalue weighted by Crippen LogP contribution is -2.30. The monoisotopic (exact) mass is 400 g/mol. The summed E-state index contributed by atoms with van der Waals surface area (Å²) in [6.07, 6.45) is 2.52. The Bertz CT molecular complexity index is 943. The third-order valence-corrected chi connectivity index (χ3v) is 4.59. The van der Waals surface area contributed by atoms with E-state index in [2.05, 4.69) is 5.32 Å². The van der Waals surface area contributed by atoms with Gasteiger partial charge in [-0.3, -0.25) is 4.79 Å². The summed E-state index contributed by atoms with van der Waals surface area (Å²) in [5.41, 5.74) is 1.22. The van der Waals surface area contributed by atoms with Crippen LogP contribution < -0.4 is 14.8 Å². The van der Waals surface area contributed by atoms with E-state index >= 15 is 0 Å². The minimum atomic E-state index is -1.06. The molecular formula is C20H20N2O5S. The normalized spacial score (nSPS) is 11.5. The van der Waals surface area contributed by atoms with Gasteiger partial charge in [0.05, 0.1) is 25.3 Å². The van der Waals surface area contributed by atoms with Crippen molar-refractivity contribution >= 4 is 34.3 Å². The number of benzene rings is 1. The second kappa shape index (κ2) is 9.58. The summed E-state index contributed by atoms with van der Waals surface area (Å²) in [6.45, 7) is 3.30. The predicted molar refractivity (Wildman–Crippen MR) is 107 cm³/mol. The average Bonchev–Trinajstić information content (AvgIpc) is 3.14. The van der Waals surface area contributed by atoms with E-state index in [0.717, 1.165) is 0 Å². The van der Waals surface area contributed by atoms with E-state index in [0.29, 0.717) is 27.6 Å². The average molecular weight is 400 g/mol. The number of allylic oxidation sites excluding steroid dienone is 1. The standard InChI is InChI=1S/C20H20N2O5S/c1-5-6-13-9-15(10-16(25-3)17(13)26-4)20(24)27-12(2)18(23)22-19-14(11-21)7-8-28-19/h5-10,12H,1-4H3,(H,22,23)/b6-5+/t12-/m1/s1. The number of nitriles is 1. The third-order valence-electron chi connectivity index (χ3n) is 3.76. The van der Waals surface area contributed by atoms with Gasteiger partial charge in [0, 0.05) is 5.56 Å². The van der Waals surface area contributed by atoms with Gasteiger partial charge in [-0.1, -0.05) is 12.2 Å². The maximum atomic E-state index is 12.5. The van der Waals surface area contributed by atoms with Gasteiger partial charge in [-0.05, 0) is 37.4 Å². The predicted octanol–water partition coefficient (Wildman–Crippen LogP) is 3.85. The van der Waals surface area contributed by atoms with E-state index in [-0.39, 0.29) is 5.56 Å². The Hall–Kier alpha value is -3.31. The zero-order valence-corrected chi connectivity index (χ0v) is 16.8. The van der Waals surface area contributed by atoms with Crippen molar-refractivity contribution in [2.75, 3.05) is 19.5 Å². The van der Waals surface area contributed by atoms with Crippen molar-refractivity contribution < 1.29 is 23.8 Å². The summed E-state index contributed by atoms with van der Waals surface area (Å²) in [7, 11) is 2.98. The number of methoxy groups -OCH3 is 2. The fourth-order valence-electron chi connectivity index (χ4n) is 2.40. The molecule has 0 saturated heterocycles. The van der Waals surface area contributed by atoms with Crippen molar-refractivity contribution in [3.8, 4) is 17.6 Å².